The van der Waals surface area contributed by atoms with E-state index in [1.54, 1.807) is 0 Å². The Morgan fingerprint density at radius 3 is 1.50 bits per heavy atom. The molecule has 0 saturated heterocycles. The van der Waals surface area contributed by atoms with Crippen LogP contribution in [0.15, 0.2) is 38.0 Å². The number of carbonyl (C=O) groups is 5. The lowest BCUT2D eigenvalue weighted by atomic mass is 9.99. The molecule has 0 heterocycles. The van der Waals surface area contributed by atoms with Gasteiger partial charge in [-0.15, -0.1) is 0 Å². The van der Waals surface area contributed by atoms with Crippen LogP contribution in [0.25, 0.3) is 0 Å². The minimum Gasteiger partial charge on any atom is -0.481 e. The Hall–Kier alpha value is -3.43. The Balaban J connectivity index is 5.71. The third kappa shape index (κ3) is 7.90. The van der Waals surface area contributed by atoms with E-state index in [4.69, 9.17) is 24.4 Å². The molecule has 10 heteroatoms. The SMILES string of the molecule is C=CC(=O)OC(CCC(CC(=O)O)C(=O)O)(OC(=O)C=C)OC(=O)C=C. The Bertz CT molecular complexity index is 563. The highest BCUT2D eigenvalue weighted by molar-refractivity contribution is 5.85. The van der Waals surface area contributed by atoms with Gasteiger partial charge in [-0.1, -0.05) is 19.7 Å². The molecule has 0 rings (SSSR count). The smallest absolute Gasteiger partial charge is 0.424 e. The van der Waals surface area contributed by atoms with E-state index in [0.717, 1.165) is 0 Å². The van der Waals surface area contributed by atoms with Crippen LogP contribution in [0.3, 0.4) is 0 Å². The molecule has 0 amide bonds. The molecule has 0 saturated carbocycles. The van der Waals surface area contributed by atoms with Crippen LogP contribution in [-0.2, 0) is 38.2 Å². The summed E-state index contributed by atoms with van der Waals surface area (Å²) in [5, 5.41) is 17.8. The third-order valence-electron chi connectivity index (χ3n) is 2.84. The topological polar surface area (TPSA) is 154 Å². The van der Waals surface area contributed by atoms with Crippen molar-refractivity contribution in [3.8, 4) is 0 Å². The standard InChI is InChI=1S/C16H18O10/c1-4-12(19)24-16(25-13(20)5-2,26-14(21)6-3)8-7-10(15(22)23)9-11(17)18/h4-6,10H,1-3,7-9H2,(H,17,18)(H,22,23). The van der Waals surface area contributed by atoms with Crippen LogP contribution in [-0.4, -0.2) is 46.0 Å². The first-order valence-corrected chi connectivity index (χ1v) is 7.10. The maximum Gasteiger partial charge on any atom is 0.424 e. The molecule has 1 unspecified atom stereocenters. The highest BCUT2D eigenvalue weighted by atomic mass is 16.9. The summed E-state index contributed by atoms with van der Waals surface area (Å²) < 4.78 is 14.4. The Labute approximate surface area is 148 Å². The van der Waals surface area contributed by atoms with Crippen LogP contribution in [0.5, 0.6) is 0 Å². The first-order valence-electron chi connectivity index (χ1n) is 7.10. The van der Waals surface area contributed by atoms with Gasteiger partial charge in [0.1, 0.15) is 0 Å². The highest BCUT2D eigenvalue weighted by Crippen LogP contribution is 2.27. The molecule has 0 aliphatic heterocycles. The van der Waals surface area contributed by atoms with E-state index in [-0.39, 0.29) is 0 Å². The molecule has 0 aromatic rings. The summed E-state index contributed by atoms with van der Waals surface area (Å²) in [4.78, 5) is 56.5. The number of carboxylic acids is 2. The second-order valence-corrected chi connectivity index (χ2v) is 4.73. The number of carbonyl (C=O) groups excluding carboxylic acids is 3. The van der Waals surface area contributed by atoms with Crippen molar-refractivity contribution in [3.63, 3.8) is 0 Å². The van der Waals surface area contributed by atoms with Crippen LogP contribution < -0.4 is 0 Å². The average Bonchev–Trinajstić information content (AvgIpc) is 2.57. The molecule has 142 valence electrons. The van der Waals surface area contributed by atoms with Gasteiger partial charge in [0.15, 0.2) is 0 Å². The predicted octanol–water partition coefficient (Wildman–Crippen LogP) is 0.783. The summed E-state index contributed by atoms with van der Waals surface area (Å²) in [7, 11) is 0. The van der Waals surface area contributed by atoms with E-state index in [0.29, 0.717) is 18.2 Å². The second kappa shape index (κ2) is 10.4. The summed E-state index contributed by atoms with van der Waals surface area (Å²) in [5.74, 6) is -10.4. The summed E-state index contributed by atoms with van der Waals surface area (Å²) in [6.07, 6.45) is 0.168. The van der Waals surface area contributed by atoms with Crippen molar-refractivity contribution < 1.29 is 48.4 Å². The summed E-state index contributed by atoms with van der Waals surface area (Å²) in [5.41, 5.74) is 0. The molecule has 0 bridgehead atoms. The van der Waals surface area contributed by atoms with Gasteiger partial charge in [0, 0.05) is 18.2 Å². The van der Waals surface area contributed by atoms with Gasteiger partial charge < -0.3 is 24.4 Å². The van der Waals surface area contributed by atoms with Crippen molar-refractivity contribution in [1.82, 2.24) is 0 Å². The fourth-order valence-electron chi connectivity index (χ4n) is 1.68. The van der Waals surface area contributed by atoms with E-state index >= 15 is 0 Å². The highest BCUT2D eigenvalue weighted by Gasteiger charge is 2.43. The summed E-state index contributed by atoms with van der Waals surface area (Å²) in [6.45, 7) is 9.42. The molecule has 10 nitrogen and oxygen atoms in total. The number of ether oxygens (including phenoxy) is 3. The van der Waals surface area contributed by atoms with Gasteiger partial charge in [0.2, 0.25) is 0 Å². The molecule has 0 spiro atoms. The molecule has 0 radical (unpaired) electrons. The van der Waals surface area contributed by atoms with Gasteiger partial charge in [0.25, 0.3) is 0 Å². The van der Waals surface area contributed by atoms with Crippen LogP contribution in [0.1, 0.15) is 19.3 Å². The molecule has 2 N–H and O–H groups in total. The van der Waals surface area contributed by atoms with Crippen LogP contribution in [0, 0.1) is 5.92 Å². The van der Waals surface area contributed by atoms with E-state index in [2.05, 4.69) is 19.7 Å². The van der Waals surface area contributed by atoms with Crippen molar-refractivity contribution >= 4 is 29.8 Å². The molecular formula is C16H18O10. The maximum absolute atomic E-state index is 11.5. The van der Waals surface area contributed by atoms with Gasteiger partial charge in [-0.25, -0.2) is 14.4 Å². The van der Waals surface area contributed by atoms with Gasteiger partial charge >= 0.3 is 35.8 Å². The van der Waals surface area contributed by atoms with E-state index in [9.17, 15) is 24.0 Å². The molecule has 0 fully saturated rings. The molecule has 1 atom stereocenters. The van der Waals surface area contributed by atoms with Gasteiger partial charge in [-0.3, -0.25) is 9.59 Å². The zero-order valence-electron chi connectivity index (χ0n) is 13.7. The van der Waals surface area contributed by atoms with Crippen molar-refractivity contribution in [2.24, 2.45) is 5.92 Å². The second-order valence-electron chi connectivity index (χ2n) is 4.73. The lowest BCUT2D eigenvalue weighted by Gasteiger charge is -2.30. The zero-order chi connectivity index (χ0) is 20.3. The van der Waals surface area contributed by atoms with Crippen molar-refractivity contribution in [2.45, 2.75) is 25.2 Å². The van der Waals surface area contributed by atoms with Crippen molar-refractivity contribution in [3.05, 3.63) is 38.0 Å². The monoisotopic (exact) mass is 370 g/mol. The fraction of sp³-hybridized carbons (Fsp3) is 0.312. The number of carboxylic acid groups (broad SMARTS) is 2. The first-order chi connectivity index (χ1) is 12.1. The Morgan fingerprint density at radius 1 is 0.846 bits per heavy atom. The molecule has 26 heavy (non-hydrogen) atoms. The summed E-state index contributed by atoms with van der Waals surface area (Å²) >= 11 is 0. The van der Waals surface area contributed by atoms with Crippen molar-refractivity contribution in [1.29, 1.82) is 0 Å². The van der Waals surface area contributed by atoms with E-state index in [1.807, 2.05) is 0 Å². The first kappa shape index (κ1) is 22.6. The summed E-state index contributed by atoms with van der Waals surface area (Å²) in [6, 6.07) is 0. The predicted molar refractivity (Wildman–Crippen MR) is 84.2 cm³/mol. The Kier molecular flexibility index (Phi) is 9.06. The number of esters is 3. The van der Waals surface area contributed by atoms with Gasteiger partial charge in [-0.2, -0.15) is 0 Å². The van der Waals surface area contributed by atoms with Crippen LogP contribution >= 0.6 is 0 Å². The number of aliphatic carboxylic acids is 2. The molecule has 0 aromatic carbocycles. The fourth-order valence-corrected chi connectivity index (χ4v) is 1.68. The quantitative estimate of drug-likeness (QED) is 0.286. The molecular weight excluding hydrogens is 352 g/mol. The normalized spacial score (nSPS) is 11.4. The lowest BCUT2D eigenvalue weighted by molar-refractivity contribution is -0.328. The lowest BCUT2D eigenvalue weighted by Crippen LogP contribution is -2.44. The minimum atomic E-state index is -2.64. The third-order valence-corrected chi connectivity index (χ3v) is 2.84. The molecule has 0 aliphatic rings. The van der Waals surface area contributed by atoms with Crippen molar-refractivity contribution in [2.75, 3.05) is 0 Å². The Morgan fingerprint density at radius 2 is 1.23 bits per heavy atom. The largest absolute Gasteiger partial charge is 0.481 e. The average molecular weight is 370 g/mol. The van der Waals surface area contributed by atoms with E-state index < -0.39 is 61.0 Å². The van der Waals surface area contributed by atoms with Gasteiger partial charge in [-0.05, 0) is 6.42 Å². The zero-order valence-corrected chi connectivity index (χ0v) is 13.7. The maximum atomic E-state index is 11.5. The number of hydrogen-bond acceptors (Lipinski definition) is 8. The van der Waals surface area contributed by atoms with Gasteiger partial charge in [0.05, 0.1) is 18.8 Å². The number of rotatable bonds is 12. The van der Waals surface area contributed by atoms with Crippen LogP contribution in [0.4, 0.5) is 0 Å². The molecule has 0 aliphatic carbocycles. The number of hydrogen-bond donors (Lipinski definition) is 2. The van der Waals surface area contributed by atoms with Crippen LogP contribution in [0.2, 0.25) is 0 Å². The minimum absolute atomic E-state index is 0.471. The molecule has 0 aromatic heterocycles. The van der Waals surface area contributed by atoms with E-state index in [1.165, 1.54) is 0 Å².